The summed E-state index contributed by atoms with van der Waals surface area (Å²) in [6, 6.07) is 14.0. The minimum absolute atomic E-state index is 0.0945. The van der Waals surface area contributed by atoms with Gasteiger partial charge in [-0.1, -0.05) is 67.9 Å². The van der Waals surface area contributed by atoms with Crippen LogP contribution in [-0.4, -0.2) is 12.1 Å². The lowest BCUT2D eigenvalue weighted by molar-refractivity contribution is -0.152. The third-order valence-corrected chi connectivity index (χ3v) is 7.04. The fourth-order valence-electron chi connectivity index (χ4n) is 4.80. The van der Waals surface area contributed by atoms with Crippen molar-refractivity contribution < 1.29 is 27.1 Å². The van der Waals surface area contributed by atoms with E-state index in [-0.39, 0.29) is 11.7 Å². The molecule has 4 atom stereocenters. The maximum Gasteiger partial charge on any atom is 0.426 e. The van der Waals surface area contributed by atoms with Crippen LogP contribution in [0.15, 0.2) is 59.6 Å². The molecule has 0 radical (unpaired) electrons. The molecule has 0 bridgehead atoms. The zero-order valence-electron chi connectivity index (χ0n) is 17.6. The molecule has 2 aliphatic carbocycles. The summed E-state index contributed by atoms with van der Waals surface area (Å²) in [4.78, 5) is 12.9. The van der Waals surface area contributed by atoms with Gasteiger partial charge in [0, 0.05) is 0 Å². The number of halogens is 5. The molecule has 1 fully saturated rings. The Hall–Kier alpha value is -2.34. The Morgan fingerprint density at radius 2 is 1.75 bits per heavy atom. The van der Waals surface area contributed by atoms with Crippen LogP contribution in [0.5, 0.6) is 0 Å². The lowest BCUT2D eigenvalue weighted by Crippen LogP contribution is -2.14. The van der Waals surface area contributed by atoms with Crippen LogP contribution in [-0.2, 0) is 16.0 Å². The van der Waals surface area contributed by atoms with Gasteiger partial charge in [0.2, 0.25) is 0 Å². The van der Waals surface area contributed by atoms with Crippen molar-refractivity contribution in [2.75, 3.05) is 0 Å². The van der Waals surface area contributed by atoms with Crippen molar-refractivity contribution in [1.82, 2.24) is 0 Å². The van der Waals surface area contributed by atoms with E-state index in [1.165, 1.54) is 12.1 Å². The van der Waals surface area contributed by atoms with Gasteiger partial charge in [0.05, 0.1) is 5.92 Å². The Labute approximate surface area is 189 Å². The average Bonchev–Trinajstić information content (AvgIpc) is 3.09. The van der Waals surface area contributed by atoms with Gasteiger partial charge in [0.15, 0.2) is 0 Å². The van der Waals surface area contributed by atoms with Crippen molar-refractivity contribution in [3.05, 3.63) is 82.1 Å². The van der Waals surface area contributed by atoms with Crippen molar-refractivity contribution in [3.63, 3.8) is 0 Å². The van der Waals surface area contributed by atoms with Crippen LogP contribution in [0.2, 0.25) is 0 Å². The van der Waals surface area contributed by atoms with E-state index in [4.69, 9.17) is 16.3 Å². The highest BCUT2D eigenvalue weighted by Gasteiger charge is 2.62. The molecule has 4 rings (SSSR count). The maximum absolute atomic E-state index is 13.2. The summed E-state index contributed by atoms with van der Waals surface area (Å²) in [6.07, 6.45) is -2.94. The van der Waals surface area contributed by atoms with Crippen LogP contribution in [0.4, 0.5) is 17.6 Å². The summed E-state index contributed by atoms with van der Waals surface area (Å²) in [7, 11) is 0. The van der Waals surface area contributed by atoms with Crippen molar-refractivity contribution in [2.24, 2.45) is 17.3 Å². The first-order chi connectivity index (χ1) is 15.0. The Morgan fingerprint density at radius 1 is 1.12 bits per heavy atom. The molecule has 0 heterocycles. The molecule has 0 N–H and O–H groups in total. The topological polar surface area (TPSA) is 26.3 Å². The number of carbonyl (C=O) groups excluding carboxylic acids is 1. The fraction of sp³-hybridized carbons (Fsp3) is 0.400. The monoisotopic (exact) mass is 466 g/mol. The second-order valence-corrected chi connectivity index (χ2v) is 9.56. The highest BCUT2D eigenvalue weighted by atomic mass is 35.5. The Kier molecular flexibility index (Phi) is 5.86. The van der Waals surface area contributed by atoms with Crippen LogP contribution >= 0.6 is 11.6 Å². The molecule has 1 saturated carbocycles. The third-order valence-electron chi connectivity index (χ3n) is 6.70. The van der Waals surface area contributed by atoms with Crippen LogP contribution in [0.25, 0.3) is 0 Å². The van der Waals surface area contributed by atoms with Gasteiger partial charge in [-0.3, -0.25) is 4.79 Å². The van der Waals surface area contributed by atoms with Crippen LogP contribution in [0, 0.1) is 23.1 Å². The Balaban J connectivity index is 1.49. The van der Waals surface area contributed by atoms with Crippen molar-refractivity contribution >= 4 is 17.6 Å². The van der Waals surface area contributed by atoms with Gasteiger partial charge < -0.3 is 4.74 Å². The van der Waals surface area contributed by atoms with Gasteiger partial charge in [0.1, 0.15) is 17.0 Å². The lowest BCUT2D eigenvalue weighted by atomic mass is 9.94. The molecule has 2 aromatic carbocycles. The normalized spacial score (nSPS) is 26.5. The Morgan fingerprint density at radius 3 is 2.38 bits per heavy atom. The molecule has 7 heteroatoms. The van der Waals surface area contributed by atoms with Crippen LogP contribution < -0.4 is 0 Å². The van der Waals surface area contributed by atoms with E-state index in [0.717, 1.165) is 22.8 Å². The van der Waals surface area contributed by atoms with Gasteiger partial charge in [0.25, 0.3) is 0 Å². The van der Waals surface area contributed by atoms with E-state index >= 15 is 0 Å². The largest absolute Gasteiger partial charge is 0.457 e. The quantitative estimate of drug-likeness (QED) is 0.347. The molecule has 0 amide bonds. The number of rotatable bonds is 5. The number of hydrogen-bond donors (Lipinski definition) is 0. The molecule has 2 aliphatic rings. The van der Waals surface area contributed by atoms with Gasteiger partial charge in [-0.25, -0.2) is 4.39 Å². The van der Waals surface area contributed by atoms with Crippen molar-refractivity contribution in [2.45, 2.75) is 44.9 Å². The average molecular weight is 467 g/mol. The van der Waals surface area contributed by atoms with Crippen LogP contribution in [0.3, 0.4) is 0 Å². The number of carbonyl (C=O) groups is 1. The molecule has 2 nitrogen and oxygen atoms in total. The maximum atomic E-state index is 13.2. The van der Waals surface area contributed by atoms with Gasteiger partial charge in [-0.05, 0) is 58.9 Å². The van der Waals surface area contributed by atoms with Gasteiger partial charge in [-0.2, -0.15) is 13.2 Å². The number of hydrogen-bond acceptors (Lipinski definition) is 2. The first-order valence-corrected chi connectivity index (χ1v) is 10.8. The summed E-state index contributed by atoms with van der Waals surface area (Å²) in [5.41, 5.74) is 2.30. The number of alkyl halides is 3. The summed E-state index contributed by atoms with van der Waals surface area (Å²) in [5, 5.41) is -1.21. The van der Waals surface area contributed by atoms with Crippen molar-refractivity contribution in [3.8, 4) is 0 Å². The minimum atomic E-state index is -4.63. The summed E-state index contributed by atoms with van der Waals surface area (Å²) in [5.74, 6) is -2.02. The van der Waals surface area contributed by atoms with E-state index in [9.17, 15) is 22.4 Å². The van der Waals surface area contributed by atoms with E-state index in [2.05, 4.69) is 0 Å². The summed E-state index contributed by atoms with van der Waals surface area (Å²) < 4.78 is 57.5. The first-order valence-electron chi connectivity index (χ1n) is 10.5. The molecule has 0 aromatic heterocycles. The molecule has 170 valence electrons. The first kappa shape index (κ1) is 22.8. The van der Waals surface area contributed by atoms with Crippen LogP contribution in [0.1, 0.15) is 49.0 Å². The second-order valence-electron chi connectivity index (χ2n) is 9.15. The fourth-order valence-corrected chi connectivity index (χ4v) is 4.94. The molecule has 0 saturated heterocycles. The Bertz CT molecular complexity index is 1040. The zero-order chi connectivity index (χ0) is 23.3. The van der Waals surface area contributed by atoms with E-state index in [1.807, 2.05) is 24.3 Å². The SMILES string of the molecule is CC1(C)[C@H](C=C(Cl)C(F)(F)F)[C@@H]1C(=O)O[C@@H]1C[C@@H](Cc2ccc(F)cc2)c2ccccc21. The molecular formula is C25H23ClF4O2. The lowest BCUT2D eigenvalue weighted by Gasteiger charge is -2.15. The van der Waals surface area contributed by atoms with Gasteiger partial charge in [-0.15, -0.1) is 0 Å². The molecule has 0 unspecified atom stereocenters. The number of benzene rings is 2. The molecule has 32 heavy (non-hydrogen) atoms. The molecule has 0 aliphatic heterocycles. The summed E-state index contributed by atoms with van der Waals surface area (Å²) in [6.45, 7) is 3.47. The highest BCUT2D eigenvalue weighted by molar-refractivity contribution is 6.30. The van der Waals surface area contributed by atoms with Gasteiger partial charge >= 0.3 is 12.1 Å². The standard InChI is InChI=1S/C25H23ClF4O2/c1-24(2)19(13-21(26)25(28,29)30)22(24)23(31)32-20-12-15(17-5-3-4-6-18(17)20)11-14-7-9-16(27)10-8-14/h3-10,13,15,19-20,22H,11-12H2,1-2H3/t15-,19-,20-,22-/m1/s1. The number of allylic oxidation sites excluding steroid dienone is 2. The minimum Gasteiger partial charge on any atom is -0.457 e. The summed E-state index contributed by atoms with van der Waals surface area (Å²) >= 11 is 5.39. The predicted octanol–water partition coefficient (Wildman–Crippen LogP) is 7.10. The zero-order valence-corrected chi connectivity index (χ0v) is 18.4. The highest BCUT2D eigenvalue weighted by Crippen LogP contribution is 2.61. The molecule has 2 aromatic rings. The number of esters is 1. The number of ether oxygens (including phenoxy) is 1. The smallest absolute Gasteiger partial charge is 0.426 e. The molecule has 0 spiro atoms. The van der Waals surface area contributed by atoms with E-state index in [1.54, 1.807) is 26.0 Å². The van der Waals surface area contributed by atoms with E-state index < -0.39 is 40.5 Å². The number of fused-ring (bicyclic) bond motifs is 1. The predicted molar refractivity (Wildman–Crippen MR) is 113 cm³/mol. The third kappa shape index (κ3) is 4.42. The van der Waals surface area contributed by atoms with E-state index in [0.29, 0.717) is 12.8 Å². The molecular weight excluding hydrogens is 444 g/mol. The van der Waals surface area contributed by atoms with Crippen molar-refractivity contribution in [1.29, 1.82) is 0 Å². The second kappa shape index (κ2) is 8.22.